The molecule has 2 aliphatic heterocycles. The minimum Gasteiger partial charge on any atom is -0.346 e. The van der Waals surface area contributed by atoms with Gasteiger partial charge in [-0.1, -0.05) is 17.7 Å². The number of nitrogens with zero attached hydrogens (tertiary/aromatic N) is 1. The van der Waals surface area contributed by atoms with Gasteiger partial charge in [0.1, 0.15) is 6.04 Å². The third-order valence-electron chi connectivity index (χ3n) is 4.46. The molecule has 1 aromatic carbocycles. The van der Waals surface area contributed by atoms with E-state index in [2.05, 4.69) is 10.6 Å². The van der Waals surface area contributed by atoms with Crippen molar-refractivity contribution in [2.24, 2.45) is 0 Å². The van der Waals surface area contributed by atoms with Crippen molar-refractivity contribution in [1.29, 1.82) is 0 Å². The van der Waals surface area contributed by atoms with Gasteiger partial charge in [0.15, 0.2) is 0 Å². The van der Waals surface area contributed by atoms with Crippen LogP contribution in [0.2, 0.25) is 5.02 Å². The average molecular weight is 376 g/mol. The number of rotatable bonds is 2. The fourth-order valence-corrected chi connectivity index (χ4v) is 4.11. The number of carbonyl (C=O) groups excluding carboxylic acids is 3. The number of nitrogens with one attached hydrogen (secondary N) is 2. The molecule has 0 unspecified atom stereocenters. The van der Waals surface area contributed by atoms with Crippen LogP contribution in [0.4, 0.5) is 5.69 Å². The second kappa shape index (κ2) is 6.16. The van der Waals surface area contributed by atoms with Gasteiger partial charge in [-0.05, 0) is 36.1 Å². The third-order valence-corrected chi connectivity index (χ3v) is 5.56. The van der Waals surface area contributed by atoms with Crippen molar-refractivity contribution in [3.8, 4) is 0 Å². The first-order valence-corrected chi connectivity index (χ1v) is 9.06. The van der Waals surface area contributed by atoms with Gasteiger partial charge in [-0.3, -0.25) is 14.4 Å². The highest BCUT2D eigenvalue weighted by atomic mass is 35.5. The Balaban J connectivity index is 1.62. The summed E-state index contributed by atoms with van der Waals surface area (Å²) in [5.74, 6) is -0.779. The first kappa shape index (κ1) is 16.1. The zero-order valence-corrected chi connectivity index (χ0v) is 14.6. The maximum absolute atomic E-state index is 12.8. The summed E-state index contributed by atoms with van der Waals surface area (Å²) in [5, 5.41) is 7.92. The summed E-state index contributed by atoms with van der Waals surface area (Å²) in [5.41, 5.74) is 0.811. The Morgan fingerprint density at radius 2 is 2.16 bits per heavy atom. The number of hydrogen-bond acceptors (Lipinski definition) is 4. The molecule has 2 atom stereocenters. The van der Waals surface area contributed by atoms with Gasteiger partial charge < -0.3 is 15.5 Å². The number of hydrogen-bond donors (Lipinski definition) is 2. The molecule has 0 saturated carbocycles. The van der Waals surface area contributed by atoms with E-state index in [-0.39, 0.29) is 17.7 Å². The summed E-state index contributed by atoms with van der Waals surface area (Å²) in [6.45, 7) is 0.411. The van der Waals surface area contributed by atoms with Crippen molar-refractivity contribution < 1.29 is 14.4 Å². The first-order chi connectivity index (χ1) is 12.0. The molecule has 4 rings (SSSR count). The molecule has 1 aromatic heterocycles. The van der Waals surface area contributed by atoms with E-state index in [1.54, 1.807) is 30.3 Å². The Hall–Kier alpha value is -2.38. The molecule has 0 radical (unpaired) electrons. The lowest BCUT2D eigenvalue weighted by Gasteiger charge is -2.24. The average Bonchev–Trinajstić information content (AvgIpc) is 3.22. The van der Waals surface area contributed by atoms with Gasteiger partial charge in [0.05, 0.1) is 22.2 Å². The smallest absolute Gasteiger partial charge is 0.261 e. The summed E-state index contributed by atoms with van der Waals surface area (Å²) < 4.78 is 0. The van der Waals surface area contributed by atoms with Crippen LogP contribution < -0.4 is 10.6 Å². The van der Waals surface area contributed by atoms with Crippen LogP contribution in [0.5, 0.6) is 0 Å². The van der Waals surface area contributed by atoms with Crippen LogP contribution in [0.1, 0.15) is 26.5 Å². The van der Waals surface area contributed by atoms with Gasteiger partial charge >= 0.3 is 0 Å². The number of halogens is 1. The predicted molar refractivity (Wildman–Crippen MR) is 95.1 cm³/mol. The predicted octanol–water partition coefficient (Wildman–Crippen LogP) is 2.37. The molecule has 0 bridgehead atoms. The number of thiophene rings is 1. The monoisotopic (exact) mass is 375 g/mol. The minimum atomic E-state index is -0.734. The highest BCUT2D eigenvalue weighted by molar-refractivity contribution is 7.12. The van der Waals surface area contributed by atoms with Crippen molar-refractivity contribution in [2.75, 3.05) is 11.9 Å². The van der Waals surface area contributed by atoms with E-state index in [9.17, 15) is 14.4 Å². The SMILES string of the molecule is O=C(N[C@H]1CCN2C(=O)c3ccc(Cl)cc3NC(=O)[C@H]12)c1cccs1. The van der Waals surface area contributed by atoms with E-state index in [1.165, 1.54) is 16.2 Å². The fraction of sp³-hybridized carbons (Fsp3) is 0.235. The molecular weight excluding hydrogens is 362 g/mol. The minimum absolute atomic E-state index is 0.230. The second-order valence-electron chi connectivity index (χ2n) is 5.97. The van der Waals surface area contributed by atoms with Gasteiger partial charge in [0.2, 0.25) is 5.91 Å². The van der Waals surface area contributed by atoms with Crippen molar-refractivity contribution in [2.45, 2.75) is 18.5 Å². The number of benzene rings is 1. The first-order valence-electron chi connectivity index (χ1n) is 7.80. The van der Waals surface area contributed by atoms with E-state index in [0.29, 0.717) is 34.1 Å². The Bertz CT molecular complexity index is 868. The highest BCUT2D eigenvalue weighted by Crippen LogP contribution is 2.31. The molecule has 3 heterocycles. The van der Waals surface area contributed by atoms with Crippen molar-refractivity contribution >= 4 is 46.3 Å². The number of amides is 3. The Morgan fingerprint density at radius 3 is 2.92 bits per heavy atom. The Kier molecular flexibility index (Phi) is 3.97. The summed E-state index contributed by atoms with van der Waals surface area (Å²) in [4.78, 5) is 39.9. The topological polar surface area (TPSA) is 78.5 Å². The molecule has 2 N–H and O–H groups in total. The number of fused-ring (bicyclic) bond motifs is 2. The van der Waals surface area contributed by atoms with Crippen LogP contribution in [0, 0.1) is 0 Å². The second-order valence-corrected chi connectivity index (χ2v) is 7.35. The lowest BCUT2D eigenvalue weighted by Crippen LogP contribution is -2.51. The lowest BCUT2D eigenvalue weighted by molar-refractivity contribution is -0.120. The van der Waals surface area contributed by atoms with E-state index < -0.39 is 12.1 Å². The van der Waals surface area contributed by atoms with Gasteiger partial charge in [0, 0.05) is 11.6 Å². The Morgan fingerprint density at radius 1 is 1.32 bits per heavy atom. The molecule has 3 amide bonds. The molecule has 1 saturated heterocycles. The van der Waals surface area contributed by atoms with Crippen molar-refractivity contribution in [3.63, 3.8) is 0 Å². The van der Waals surface area contributed by atoms with Crippen LogP contribution in [0.3, 0.4) is 0 Å². The van der Waals surface area contributed by atoms with Gasteiger partial charge in [0.25, 0.3) is 11.8 Å². The summed E-state index contributed by atoms with van der Waals surface area (Å²) in [7, 11) is 0. The normalized spacial score (nSPS) is 22.0. The van der Waals surface area contributed by atoms with Gasteiger partial charge in [-0.15, -0.1) is 11.3 Å². The van der Waals surface area contributed by atoms with Crippen LogP contribution in [0.15, 0.2) is 35.7 Å². The summed E-state index contributed by atoms with van der Waals surface area (Å²) in [6.07, 6.45) is 0.532. The Labute approximate surface area is 152 Å². The highest BCUT2D eigenvalue weighted by Gasteiger charge is 2.45. The summed E-state index contributed by atoms with van der Waals surface area (Å²) in [6, 6.07) is 7.16. The van der Waals surface area contributed by atoms with E-state index in [0.717, 1.165) is 0 Å². The largest absolute Gasteiger partial charge is 0.346 e. The summed E-state index contributed by atoms with van der Waals surface area (Å²) >= 11 is 7.30. The number of anilines is 1. The molecule has 0 spiro atoms. The van der Waals surface area contributed by atoms with Crippen LogP contribution in [-0.4, -0.2) is 41.2 Å². The molecule has 2 aliphatic rings. The molecule has 25 heavy (non-hydrogen) atoms. The standard InChI is InChI=1S/C17H14ClN3O3S/c18-9-3-4-10-12(8-9)20-16(23)14-11(5-6-21(14)17(10)24)19-15(22)13-2-1-7-25-13/h1-4,7-8,11,14H,5-6H2,(H,19,22)(H,20,23)/t11-,14-/m0/s1. The molecule has 6 nitrogen and oxygen atoms in total. The van der Waals surface area contributed by atoms with Crippen LogP contribution in [-0.2, 0) is 4.79 Å². The molecular formula is C17H14ClN3O3S. The fourth-order valence-electron chi connectivity index (χ4n) is 3.31. The molecule has 2 aromatic rings. The van der Waals surface area contributed by atoms with E-state index in [1.807, 2.05) is 5.38 Å². The van der Waals surface area contributed by atoms with Crippen LogP contribution in [0.25, 0.3) is 0 Å². The molecule has 0 aliphatic carbocycles. The van der Waals surface area contributed by atoms with E-state index in [4.69, 9.17) is 11.6 Å². The number of carbonyl (C=O) groups is 3. The molecule has 128 valence electrons. The van der Waals surface area contributed by atoms with Crippen molar-refractivity contribution in [3.05, 3.63) is 51.2 Å². The zero-order chi connectivity index (χ0) is 17.6. The quantitative estimate of drug-likeness (QED) is 0.845. The third kappa shape index (κ3) is 2.79. The maximum Gasteiger partial charge on any atom is 0.261 e. The van der Waals surface area contributed by atoms with Gasteiger partial charge in [-0.2, -0.15) is 0 Å². The molecule has 8 heteroatoms. The lowest BCUT2D eigenvalue weighted by atomic mass is 10.1. The van der Waals surface area contributed by atoms with E-state index >= 15 is 0 Å². The maximum atomic E-state index is 12.8. The molecule has 1 fully saturated rings. The van der Waals surface area contributed by atoms with Crippen molar-refractivity contribution in [1.82, 2.24) is 10.2 Å². The van der Waals surface area contributed by atoms with Gasteiger partial charge in [-0.25, -0.2) is 0 Å². The zero-order valence-electron chi connectivity index (χ0n) is 13.0. The van der Waals surface area contributed by atoms with Crippen LogP contribution >= 0.6 is 22.9 Å².